The number of hydrogen-bond acceptors (Lipinski definition) is 7. The molecule has 0 aliphatic rings. The van der Waals surface area contributed by atoms with Crippen LogP contribution in [0.25, 0.3) is 10.9 Å². The van der Waals surface area contributed by atoms with Gasteiger partial charge in [-0.25, -0.2) is 8.78 Å². The predicted octanol–water partition coefficient (Wildman–Crippen LogP) is 4.97. The Morgan fingerprint density at radius 3 is 2.49 bits per heavy atom. The molecule has 4 rings (SSSR count). The summed E-state index contributed by atoms with van der Waals surface area (Å²) < 4.78 is 32.6. The van der Waals surface area contributed by atoms with Crippen molar-refractivity contribution in [2.45, 2.75) is 13.0 Å². The number of anilines is 2. The maximum Gasteiger partial charge on any atom is 0.284 e. The van der Waals surface area contributed by atoms with Crippen molar-refractivity contribution < 1.29 is 23.2 Å². The summed E-state index contributed by atoms with van der Waals surface area (Å²) in [5.41, 5.74) is 1.09. The average Bonchev–Trinajstić information content (AvgIpc) is 3.28. The standard InChI is InChI=1S/C27H28F2N6O4/c1-33(2)9-4-10-34(3)20-5-7-22(25(14-20)35(37)38)27(36)30-26-23-15-21(6-8-24(23)31-32-26)39-16-17-11-18(28)13-19(29)12-17/h5-8,11-15H,4,9-10,16H2,1-3H3,(H2,30,31,32,36). The molecule has 0 aliphatic heterocycles. The van der Waals surface area contributed by atoms with Gasteiger partial charge in [-0.2, -0.15) is 5.10 Å². The van der Waals surface area contributed by atoms with Gasteiger partial charge in [0.05, 0.1) is 10.4 Å². The number of ether oxygens (including phenoxy) is 1. The quantitative estimate of drug-likeness (QED) is 0.205. The number of aromatic amines is 1. The molecule has 2 N–H and O–H groups in total. The Hall–Kier alpha value is -4.58. The maximum absolute atomic E-state index is 13.5. The molecule has 0 fully saturated rings. The fraction of sp³-hybridized carbons (Fsp3) is 0.259. The lowest BCUT2D eigenvalue weighted by molar-refractivity contribution is -0.385. The molecular weight excluding hydrogens is 510 g/mol. The molecule has 0 radical (unpaired) electrons. The molecule has 39 heavy (non-hydrogen) atoms. The van der Waals surface area contributed by atoms with Crippen molar-refractivity contribution in [3.63, 3.8) is 0 Å². The van der Waals surface area contributed by atoms with Gasteiger partial charge in [-0.05, 0) is 75.1 Å². The van der Waals surface area contributed by atoms with E-state index in [-0.39, 0.29) is 23.7 Å². The second-order valence-corrected chi connectivity index (χ2v) is 9.34. The fourth-order valence-corrected chi connectivity index (χ4v) is 4.07. The van der Waals surface area contributed by atoms with Gasteiger partial charge in [-0.3, -0.25) is 20.0 Å². The number of nitro benzene ring substituents is 1. The predicted molar refractivity (Wildman–Crippen MR) is 144 cm³/mol. The van der Waals surface area contributed by atoms with Crippen LogP contribution in [0.1, 0.15) is 22.3 Å². The zero-order chi connectivity index (χ0) is 28.1. The van der Waals surface area contributed by atoms with E-state index < -0.39 is 22.5 Å². The third-order valence-electron chi connectivity index (χ3n) is 6.06. The lowest BCUT2D eigenvalue weighted by atomic mass is 10.1. The van der Waals surface area contributed by atoms with E-state index in [1.165, 1.54) is 24.3 Å². The van der Waals surface area contributed by atoms with Crippen molar-refractivity contribution >= 4 is 34.0 Å². The van der Waals surface area contributed by atoms with Gasteiger partial charge in [0.1, 0.15) is 29.6 Å². The van der Waals surface area contributed by atoms with Crippen molar-refractivity contribution in [3.05, 3.63) is 87.5 Å². The molecule has 3 aromatic carbocycles. The summed E-state index contributed by atoms with van der Waals surface area (Å²) in [4.78, 5) is 28.3. The fourth-order valence-electron chi connectivity index (χ4n) is 4.07. The van der Waals surface area contributed by atoms with Crippen molar-refractivity contribution in [1.82, 2.24) is 15.1 Å². The molecule has 0 aliphatic carbocycles. The van der Waals surface area contributed by atoms with Crippen molar-refractivity contribution in [2.75, 3.05) is 44.4 Å². The zero-order valence-electron chi connectivity index (χ0n) is 21.7. The van der Waals surface area contributed by atoms with E-state index in [4.69, 9.17) is 4.74 Å². The monoisotopic (exact) mass is 538 g/mol. The summed E-state index contributed by atoms with van der Waals surface area (Å²) in [5.74, 6) is -1.59. The second kappa shape index (κ2) is 11.9. The van der Waals surface area contributed by atoms with Crippen LogP contribution in [-0.4, -0.2) is 60.2 Å². The summed E-state index contributed by atoms with van der Waals surface area (Å²) >= 11 is 0. The first-order valence-electron chi connectivity index (χ1n) is 12.1. The minimum Gasteiger partial charge on any atom is -0.489 e. The summed E-state index contributed by atoms with van der Waals surface area (Å²) in [6.45, 7) is 1.49. The van der Waals surface area contributed by atoms with E-state index in [1.54, 1.807) is 24.3 Å². The average molecular weight is 539 g/mol. The van der Waals surface area contributed by atoms with Crippen LogP contribution in [-0.2, 0) is 6.61 Å². The van der Waals surface area contributed by atoms with E-state index in [1.807, 2.05) is 26.0 Å². The van der Waals surface area contributed by atoms with Gasteiger partial charge in [0.25, 0.3) is 11.6 Å². The highest BCUT2D eigenvalue weighted by atomic mass is 19.1. The lowest BCUT2D eigenvalue weighted by Gasteiger charge is -2.20. The van der Waals surface area contributed by atoms with Gasteiger partial charge >= 0.3 is 0 Å². The van der Waals surface area contributed by atoms with E-state index in [0.29, 0.717) is 34.4 Å². The lowest BCUT2D eigenvalue weighted by Crippen LogP contribution is -2.23. The van der Waals surface area contributed by atoms with Crippen LogP contribution in [0.2, 0.25) is 0 Å². The van der Waals surface area contributed by atoms with Crippen LogP contribution < -0.4 is 15.0 Å². The van der Waals surface area contributed by atoms with E-state index in [2.05, 4.69) is 20.4 Å². The van der Waals surface area contributed by atoms with Gasteiger partial charge in [0.2, 0.25) is 0 Å². The summed E-state index contributed by atoms with van der Waals surface area (Å²) in [7, 11) is 5.79. The van der Waals surface area contributed by atoms with Gasteiger partial charge in [-0.15, -0.1) is 0 Å². The molecule has 0 bridgehead atoms. The Kier molecular flexibility index (Phi) is 8.35. The number of hydrogen-bond donors (Lipinski definition) is 2. The van der Waals surface area contributed by atoms with Crippen molar-refractivity contribution in [1.29, 1.82) is 0 Å². The Balaban J connectivity index is 1.51. The Labute approximate surface area is 223 Å². The molecule has 1 heterocycles. The van der Waals surface area contributed by atoms with Gasteiger partial charge in [0.15, 0.2) is 5.82 Å². The number of nitrogens with one attached hydrogen (secondary N) is 2. The number of fused-ring (bicyclic) bond motifs is 1. The molecule has 0 saturated heterocycles. The highest BCUT2D eigenvalue weighted by molar-refractivity contribution is 6.10. The molecule has 4 aromatic rings. The smallest absolute Gasteiger partial charge is 0.284 e. The molecular formula is C27H28F2N6O4. The van der Waals surface area contributed by atoms with Crippen LogP contribution in [0, 0.1) is 21.7 Å². The number of nitro groups is 1. The maximum atomic E-state index is 13.5. The number of carbonyl (C=O) groups excluding carboxylic acids is 1. The normalized spacial score (nSPS) is 11.1. The molecule has 0 atom stereocenters. The number of H-pyrrole nitrogens is 1. The van der Waals surface area contributed by atoms with Crippen molar-refractivity contribution in [2.24, 2.45) is 0 Å². The molecule has 1 amide bonds. The Bertz CT molecular complexity index is 1490. The van der Waals surface area contributed by atoms with E-state index in [9.17, 15) is 23.7 Å². The number of rotatable bonds is 11. The Morgan fingerprint density at radius 2 is 1.79 bits per heavy atom. The molecule has 1 aromatic heterocycles. The zero-order valence-corrected chi connectivity index (χ0v) is 21.7. The molecule has 0 saturated carbocycles. The van der Waals surface area contributed by atoms with Gasteiger partial charge < -0.3 is 19.9 Å². The first-order chi connectivity index (χ1) is 18.6. The van der Waals surface area contributed by atoms with Gasteiger partial charge in [-0.1, -0.05) is 0 Å². The summed E-state index contributed by atoms with van der Waals surface area (Å²) in [5, 5.41) is 21.8. The number of halogens is 2. The highest BCUT2D eigenvalue weighted by Crippen LogP contribution is 2.29. The SMILES string of the molecule is CN(C)CCCN(C)c1ccc(C(=O)Nc2n[nH]c3ccc(OCc4cc(F)cc(F)c4)cc23)c([N+](=O)[O-])c1. The molecule has 10 nitrogen and oxygen atoms in total. The van der Waals surface area contributed by atoms with E-state index >= 15 is 0 Å². The molecule has 12 heteroatoms. The first kappa shape index (κ1) is 27.5. The van der Waals surface area contributed by atoms with Crippen LogP contribution >= 0.6 is 0 Å². The topological polar surface area (TPSA) is 117 Å². The number of nitrogens with zero attached hydrogens (tertiary/aromatic N) is 4. The number of carbonyl (C=O) groups is 1. The van der Waals surface area contributed by atoms with Crippen molar-refractivity contribution in [3.8, 4) is 5.75 Å². The molecule has 0 spiro atoms. The Morgan fingerprint density at radius 1 is 1.05 bits per heavy atom. The van der Waals surface area contributed by atoms with Gasteiger partial charge in [0, 0.05) is 36.8 Å². The highest BCUT2D eigenvalue weighted by Gasteiger charge is 2.23. The first-order valence-corrected chi connectivity index (χ1v) is 12.1. The van der Waals surface area contributed by atoms with Crippen LogP contribution in [0.15, 0.2) is 54.6 Å². The third kappa shape index (κ3) is 6.85. The van der Waals surface area contributed by atoms with Crippen LogP contribution in [0.4, 0.5) is 26.0 Å². The molecule has 204 valence electrons. The second-order valence-electron chi connectivity index (χ2n) is 9.34. The number of amides is 1. The number of benzene rings is 3. The van der Waals surface area contributed by atoms with Crippen LogP contribution in [0.5, 0.6) is 5.75 Å². The third-order valence-corrected chi connectivity index (χ3v) is 6.06. The molecule has 0 unspecified atom stereocenters. The van der Waals surface area contributed by atoms with Crippen LogP contribution in [0.3, 0.4) is 0 Å². The van der Waals surface area contributed by atoms with E-state index in [0.717, 1.165) is 19.0 Å². The number of aromatic nitrogens is 2. The minimum absolute atomic E-state index is 0.0815. The summed E-state index contributed by atoms with van der Waals surface area (Å²) in [6.07, 6.45) is 0.872. The largest absolute Gasteiger partial charge is 0.489 e. The summed E-state index contributed by atoms with van der Waals surface area (Å²) in [6, 6.07) is 12.5. The minimum atomic E-state index is -0.706.